The van der Waals surface area contributed by atoms with Crippen LogP contribution in [0.2, 0.25) is 0 Å². The van der Waals surface area contributed by atoms with Gasteiger partial charge in [0.1, 0.15) is 0 Å². The van der Waals surface area contributed by atoms with Crippen molar-refractivity contribution in [1.82, 2.24) is 10.2 Å². The van der Waals surface area contributed by atoms with E-state index in [1.54, 1.807) is 0 Å². The molecule has 1 atom stereocenters. The SMILES string of the molecule is Cc1ccc(SC2CCN(C[C@H]3CCNC3)CC2)cc1. The van der Waals surface area contributed by atoms with Gasteiger partial charge in [-0.05, 0) is 70.4 Å². The second-order valence-corrected chi connectivity index (χ2v) is 7.66. The van der Waals surface area contributed by atoms with Crippen LogP contribution in [0.3, 0.4) is 0 Å². The first-order chi connectivity index (χ1) is 9.79. The largest absolute Gasteiger partial charge is 0.316 e. The highest BCUT2D eigenvalue weighted by atomic mass is 32.2. The van der Waals surface area contributed by atoms with E-state index in [0.717, 1.165) is 11.2 Å². The fourth-order valence-electron chi connectivity index (χ4n) is 3.25. The highest BCUT2D eigenvalue weighted by Gasteiger charge is 2.23. The quantitative estimate of drug-likeness (QED) is 0.917. The molecular weight excluding hydrogens is 264 g/mol. The summed E-state index contributed by atoms with van der Waals surface area (Å²) in [6.07, 6.45) is 4.06. The zero-order valence-corrected chi connectivity index (χ0v) is 13.3. The van der Waals surface area contributed by atoms with Crippen molar-refractivity contribution in [3.63, 3.8) is 0 Å². The number of piperidine rings is 1. The number of benzene rings is 1. The van der Waals surface area contributed by atoms with Crippen LogP contribution in [0.25, 0.3) is 0 Å². The third-order valence-electron chi connectivity index (χ3n) is 4.54. The maximum atomic E-state index is 3.48. The Hall–Kier alpha value is -0.510. The zero-order valence-electron chi connectivity index (χ0n) is 12.5. The number of nitrogens with one attached hydrogen (secondary N) is 1. The van der Waals surface area contributed by atoms with Crippen LogP contribution in [0.15, 0.2) is 29.2 Å². The first kappa shape index (κ1) is 14.4. The van der Waals surface area contributed by atoms with Crippen LogP contribution in [0, 0.1) is 12.8 Å². The van der Waals surface area contributed by atoms with Gasteiger partial charge < -0.3 is 10.2 Å². The number of likely N-dealkylation sites (tertiary alicyclic amines) is 1. The van der Waals surface area contributed by atoms with E-state index < -0.39 is 0 Å². The van der Waals surface area contributed by atoms with Crippen molar-refractivity contribution < 1.29 is 0 Å². The van der Waals surface area contributed by atoms with Crippen LogP contribution < -0.4 is 5.32 Å². The lowest BCUT2D eigenvalue weighted by molar-refractivity contribution is 0.204. The third kappa shape index (κ3) is 4.00. The minimum Gasteiger partial charge on any atom is -0.316 e. The summed E-state index contributed by atoms with van der Waals surface area (Å²) in [7, 11) is 0. The summed E-state index contributed by atoms with van der Waals surface area (Å²) in [5.41, 5.74) is 1.36. The van der Waals surface area contributed by atoms with Gasteiger partial charge in [0.15, 0.2) is 0 Å². The van der Waals surface area contributed by atoms with Crippen molar-refractivity contribution >= 4 is 11.8 Å². The first-order valence-corrected chi connectivity index (χ1v) is 8.84. The zero-order chi connectivity index (χ0) is 13.8. The standard InChI is InChI=1S/C17H26N2S/c1-14-2-4-16(5-3-14)20-17-7-10-19(11-8-17)13-15-6-9-18-12-15/h2-5,15,17-18H,6-13H2,1H3/t15-/m0/s1. The fourth-order valence-corrected chi connectivity index (χ4v) is 4.38. The Kier molecular flexibility index (Phi) is 5.03. The van der Waals surface area contributed by atoms with Gasteiger partial charge in [-0.25, -0.2) is 0 Å². The molecule has 2 aliphatic heterocycles. The van der Waals surface area contributed by atoms with Crippen molar-refractivity contribution in [3.05, 3.63) is 29.8 Å². The molecule has 1 aromatic carbocycles. The van der Waals surface area contributed by atoms with Crippen LogP contribution in [0.5, 0.6) is 0 Å². The average Bonchev–Trinajstić information content (AvgIpc) is 2.96. The van der Waals surface area contributed by atoms with E-state index in [1.807, 2.05) is 0 Å². The van der Waals surface area contributed by atoms with Gasteiger partial charge >= 0.3 is 0 Å². The van der Waals surface area contributed by atoms with Crippen LogP contribution >= 0.6 is 11.8 Å². The molecule has 2 fully saturated rings. The molecule has 110 valence electrons. The van der Waals surface area contributed by atoms with Gasteiger partial charge in [0.2, 0.25) is 0 Å². The molecule has 2 saturated heterocycles. The molecule has 0 bridgehead atoms. The number of hydrogen-bond donors (Lipinski definition) is 1. The van der Waals surface area contributed by atoms with Crippen molar-refractivity contribution in [1.29, 1.82) is 0 Å². The maximum absolute atomic E-state index is 3.48. The first-order valence-electron chi connectivity index (χ1n) is 7.96. The maximum Gasteiger partial charge on any atom is 0.0119 e. The Morgan fingerprint density at radius 3 is 2.55 bits per heavy atom. The number of thioether (sulfide) groups is 1. The Morgan fingerprint density at radius 2 is 1.90 bits per heavy atom. The Bertz CT molecular complexity index is 404. The Morgan fingerprint density at radius 1 is 1.15 bits per heavy atom. The lowest BCUT2D eigenvalue weighted by Gasteiger charge is -2.33. The number of hydrogen-bond acceptors (Lipinski definition) is 3. The van der Waals surface area contributed by atoms with Gasteiger partial charge in [-0.3, -0.25) is 0 Å². The number of rotatable bonds is 4. The molecule has 20 heavy (non-hydrogen) atoms. The van der Waals surface area contributed by atoms with E-state index in [9.17, 15) is 0 Å². The summed E-state index contributed by atoms with van der Waals surface area (Å²) in [5, 5.41) is 4.29. The minimum atomic E-state index is 0.815. The van der Waals surface area contributed by atoms with Crippen LogP contribution in [-0.2, 0) is 0 Å². The third-order valence-corrected chi connectivity index (χ3v) is 5.89. The fraction of sp³-hybridized carbons (Fsp3) is 0.647. The van der Waals surface area contributed by atoms with Crippen molar-refractivity contribution in [3.8, 4) is 0 Å². The summed E-state index contributed by atoms with van der Waals surface area (Å²) in [5.74, 6) is 0.899. The molecule has 2 nitrogen and oxygen atoms in total. The Labute approximate surface area is 127 Å². The molecule has 0 spiro atoms. The molecule has 2 aliphatic rings. The summed E-state index contributed by atoms with van der Waals surface area (Å²) < 4.78 is 0. The number of aryl methyl sites for hydroxylation is 1. The summed E-state index contributed by atoms with van der Waals surface area (Å²) >= 11 is 2.08. The van der Waals surface area contributed by atoms with E-state index in [1.165, 1.54) is 62.4 Å². The van der Waals surface area contributed by atoms with Crippen LogP contribution in [0.4, 0.5) is 0 Å². The molecule has 0 radical (unpaired) electrons. The average molecular weight is 290 g/mol. The summed E-state index contributed by atoms with van der Waals surface area (Å²) in [6, 6.07) is 9.00. The molecule has 1 aromatic rings. The van der Waals surface area contributed by atoms with E-state index in [2.05, 4.69) is 53.2 Å². The summed E-state index contributed by atoms with van der Waals surface area (Å²) in [6.45, 7) is 8.52. The molecular formula is C17H26N2S. The molecule has 0 aromatic heterocycles. The second-order valence-electron chi connectivity index (χ2n) is 6.29. The highest BCUT2D eigenvalue weighted by molar-refractivity contribution is 8.00. The highest BCUT2D eigenvalue weighted by Crippen LogP contribution is 2.30. The monoisotopic (exact) mass is 290 g/mol. The smallest absolute Gasteiger partial charge is 0.0119 e. The molecule has 3 heteroatoms. The lowest BCUT2D eigenvalue weighted by atomic mass is 10.1. The van der Waals surface area contributed by atoms with E-state index >= 15 is 0 Å². The lowest BCUT2D eigenvalue weighted by Crippen LogP contribution is -2.38. The molecule has 2 heterocycles. The van der Waals surface area contributed by atoms with Crippen molar-refractivity contribution in [2.24, 2.45) is 5.92 Å². The molecule has 0 unspecified atom stereocenters. The molecule has 1 N–H and O–H groups in total. The molecule has 0 amide bonds. The van der Waals surface area contributed by atoms with Crippen molar-refractivity contribution in [2.45, 2.75) is 36.3 Å². The molecule has 3 rings (SSSR count). The molecule has 0 aliphatic carbocycles. The van der Waals surface area contributed by atoms with Gasteiger partial charge in [-0.2, -0.15) is 0 Å². The van der Waals surface area contributed by atoms with Gasteiger partial charge in [0.25, 0.3) is 0 Å². The molecule has 0 saturated carbocycles. The summed E-state index contributed by atoms with van der Waals surface area (Å²) in [4.78, 5) is 4.12. The Balaban J connectivity index is 1.42. The van der Waals surface area contributed by atoms with E-state index in [0.29, 0.717) is 0 Å². The normalized spacial score (nSPS) is 25.1. The van der Waals surface area contributed by atoms with Crippen molar-refractivity contribution in [2.75, 3.05) is 32.7 Å². The van der Waals surface area contributed by atoms with Gasteiger partial charge in [0.05, 0.1) is 0 Å². The number of nitrogens with zero attached hydrogens (tertiary/aromatic N) is 1. The van der Waals surface area contributed by atoms with Gasteiger partial charge in [-0.15, -0.1) is 11.8 Å². The van der Waals surface area contributed by atoms with E-state index in [4.69, 9.17) is 0 Å². The minimum absolute atomic E-state index is 0.815. The van der Waals surface area contributed by atoms with Gasteiger partial charge in [0, 0.05) is 16.7 Å². The predicted octanol–water partition coefficient (Wildman–Crippen LogP) is 3.16. The van der Waals surface area contributed by atoms with Gasteiger partial charge in [-0.1, -0.05) is 17.7 Å². The van der Waals surface area contributed by atoms with Crippen LogP contribution in [0.1, 0.15) is 24.8 Å². The van der Waals surface area contributed by atoms with Crippen LogP contribution in [-0.4, -0.2) is 42.9 Å². The topological polar surface area (TPSA) is 15.3 Å². The predicted molar refractivity (Wildman–Crippen MR) is 87.5 cm³/mol. The van der Waals surface area contributed by atoms with E-state index in [-0.39, 0.29) is 0 Å². The second kappa shape index (κ2) is 6.97.